The average molecular weight is 351 g/mol. The first kappa shape index (κ1) is 14.4. The molecule has 0 saturated heterocycles. The highest BCUT2D eigenvalue weighted by molar-refractivity contribution is 9.10. The van der Waals surface area contributed by atoms with Crippen molar-refractivity contribution in [2.45, 2.75) is 0 Å². The fourth-order valence-corrected chi connectivity index (χ4v) is 2.36. The molecule has 0 saturated carbocycles. The van der Waals surface area contributed by atoms with Crippen LogP contribution in [0.1, 0.15) is 15.9 Å². The van der Waals surface area contributed by atoms with Gasteiger partial charge in [-0.25, -0.2) is 0 Å². The van der Waals surface area contributed by atoms with Gasteiger partial charge in [0.25, 0.3) is 5.91 Å². The smallest absolute Gasteiger partial charge is 0.255 e. The molecule has 0 aliphatic heterocycles. The Morgan fingerprint density at radius 3 is 2.65 bits per heavy atom. The van der Waals surface area contributed by atoms with Gasteiger partial charge >= 0.3 is 0 Å². The molecule has 0 aliphatic carbocycles. The first-order valence-corrected chi connectivity index (χ1v) is 6.74. The monoisotopic (exact) mass is 349 g/mol. The van der Waals surface area contributed by atoms with Gasteiger partial charge in [0, 0.05) is 21.4 Å². The van der Waals surface area contributed by atoms with Gasteiger partial charge in [-0.05, 0) is 36.4 Å². The van der Waals surface area contributed by atoms with Crippen molar-refractivity contribution < 1.29 is 4.79 Å². The molecule has 6 heteroatoms. The van der Waals surface area contributed by atoms with Crippen LogP contribution >= 0.6 is 27.5 Å². The summed E-state index contributed by atoms with van der Waals surface area (Å²) >= 11 is 9.19. The molecular formula is C14H9BrClN3O. The third-order valence-corrected chi connectivity index (χ3v) is 3.30. The van der Waals surface area contributed by atoms with Gasteiger partial charge in [-0.15, -0.1) is 0 Å². The molecule has 0 aromatic heterocycles. The maximum atomic E-state index is 12.1. The van der Waals surface area contributed by atoms with Crippen molar-refractivity contribution in [3.8, 4) is 6.07 Å². The molecule has 0 radical (unpaired) electrons. The third-order valence-electron chi connectivity index (χ3n) is 2.53. The number of anilines is 2. The fourth-order valence-electron chi connectivity index (χ4n) is 1.63. The minimum Gasteiger partial charge on any atom is -0.399 e. The van der Waals surface area contributed by atoms with Crippen LogP contribution in [0.4, 0.5) is 11.4 Å². The Bertz CT molecular complexity index is 705. The summed E-state index contributed by atoms with van der Waals surface area (Å²) in [4.78, 5) is 12.1. The summed E-state index contributed by atoms with van der Waals surface area (Å²) in [5.41, 5.74) is 7.47. The van der Waals surface area contributed by atoms with E-state index < -0.39 is 0 Å². The third kappa shape index (κ3) is 3.29. The van der Waals surface area contributed by atoms with Crippen LogP contribution in [0.3, 0.4) is 0 Å². The van der Waals surface area contributed by atoms with Crippen LogP contribution in [0.15, 0.2) is 40.9 Å². The van der Waals surface area contributed by atoms with E-state index in [4.69, 9.17) is 22.6 Å². The predicted molar refractivity (Wildman–Crippen MR) is 82.7 cm³/mol. The SMILES string of the molecule is N#Cc1ccc(NC(=O)c2cc(N)cc(Br)c2)cc1Cl. The summed E-state index contributed by atoms with van der Waals surface area (Å²) in [6.45, 7) is 0. The van der Waals surface area contributed by atoms with Crippen molar-refractivity contribution in [3.05, 3.63) is 57.0 Å². The maximum absolute atomic E-state index is 12.1. The number of halogens is 2. The molecule has 2 aromatic carbocycles. The number of amides is 1. The standard InChI is InChI=1S/C14H9BrClN3O/c15-10-3-9(4-11(18)5-10)14(20)19-12-2-1-8(7-17)13(16)6-12/h1-6H,18H2,(H,19,20). The van der Waals surface area contributed by atoms with Crippen molar-refractivity contribution in [2.75, 3.05) is 11.1 Å². The molecule has 0 heterocycles. The molecule has 2 aromatic rings. The van der Waals surface area contributed by atoms with Gasteiger partial charge in [0.2, 0.25) is 0 Å². The number of nitrogens with two attached hydrogens (primary N) is 1. The second-order valence-electron chi connectivity index (χ2n) is 4.03. The van der Waals surface area contributed by atoms with Gasteiger partial charge in [0.15, 0.2) is 0 Å². The topological polar surface area (TPSA) is 78.9 Å². The number of carbonyl (C=O) groups is 1. The lowest BCUT2D eigenvalue weighted by molar-refractivity contribution is 0.102. The molecule has 0 bridgehead atoms. The van der Waals surface area contributed by atoms with Crippen LogP contribution in [0.25, 0.3) is 0 Å². The molecule has 4 nitrogen and oxygen atoms in total. The van der Waals surface area contributed by atoms with Crippen LogP contribution in [-0.2, 0) is 0 Å². The first-order chi connectivity index (χ1) is 9.49. The Morgan fingerprint density at radius 1 is 1.30 bits per heavy atom. The molecule has 1 amide bonds. The van der Waals surface area contributed by atoms with Crippen LogP contribution in [0, 0.1) is 11.3 Å². The number of benzene rings is 2. The molecule has 100 valence electrons. The number of carbonyl (C=O) groups excluding carboxylic acids is 1. The molecule has 3 N–H and O–H groups in total. The van der Waals surface area contributed by atoms with Crippen molar-refractivity contribution in [1.29, 1.82) is 5.26 Å². The molecular weight excluding hydrogens is 342 g/mol. The van der Waals surface area contributed by atoms with E-state index in [0.29, 0.717) is 27.5 Å². The second-order valence-corrected chi connectivity index (χ2v) is 5.36. The summed E-state index contributed by atoms with van der Waals surface area (Å²) in [6.07, 6.45) is 0. The molecule has 0 atom stereocenters. The number of hydrogen-bond acceptors (Lipinski definition) is 3. The zero-order valence-corrected chi connectivity index (χ0v) is 12.5. The van der Waals surface area contributed by atoms with Gasteiger partial charge in [-0.1, -0.05) is 27.5 Å². The van der Waals surface area contributed by atoms with Gasteiger partial charge in [-0.2, -0.15) is 5.26 Å². The lowest BCUT2D eigenvalue weighted by atomic mass is 10.1. The highest BCUT2D eigenvalue weighted by atomic mass is 79.9. The van der Waals surface area contributed by atoms with Crippen molar-refractivity contribution in [2.24, 2.45) is 0 Å². The van der Waals surface area contributed by atoms with Crippen molar-refractivity contribution in [3.63, 3.8) is 0 Å². The van der Waals surface area contributed by atoms with Crippen LogP contribution in [0.2, 0.25) is 5.02 Å². The van der Waals surface area contributed by atoms with Crippen molar-refractivity contribution >= 4 is 44.8 Å². The largest absolute Gasteiger partial charge is 0.399 e. The highest BCUT2D eigenvalue weighted by Crippen LogP contribution is 2.22. The van der Waals surface area contributed by atoms with E-state index in [1.807, 2.05) is 6.07 Å². The lowest BCUT2D eigenvalue weighted by Gasteiger charge is -2.07. The second kappa shape index (κ2) is 5.95. The molecule has 2 rings (SSSR count). The molecule has 0 spiro atoms. The van der Waals surface area contributed by atoms with Gasteiger partial charge in [0.05, 0.1) is 10.6 Å². The Labute approximate surface area is 129 Å². The quantitative estimate of drug-likeness (QED) is 0.808. The highest BCUT2D eigenvalue weighted by Gasteiger charge is 2.09. The van der Waals surface area contributed by atoms with Crippen LogP contribution in [-0.4, -0.2) is 5.91 Å². The molecule has 0 fully saturated rings. The molecule has 0 unspecified atom stereocenters. The summed E-state index contributed by atoms with van der Waals surface area (Å²) in [6, 6.07) is 11.6. The zero-order chi connectivity index (χ0) is 14.7. The van der Waals surface area contributed by atoms with Crippen LogP contribution < -0.4 is 11.1 Å². The first-order valence-electron chi connectivity index (χ1n) is 5.56. The van der Waals surface area contributed by atoms with E-state index in [9.17, 15) is 4.79 Å². The predicted octanol–water partition coefficient (Wildman–Crippen LogP) is 3.81. The average Bonchev–Trinajstić information content (AvgIpc) is 2.37. The Morgan fingerprint density at radius 2 is 2.05 bits per heavy atom. The van der Waals surface area contributed by atoms with Gasteiger partial charge in [0.1, 0.15) is 6.07 Å². The molecule has 0 aliphatic rings. The minimum absolute atomic E-state index is 0.291. The maximum Gasteiger partial charge on any atom is 0.255 e. The summed E-state index contributed by atoms with van der Waals surface area (Å²) in [5, 5.41) is 11.8. The Kier molecular flexibility index (Phi) is 4.28. The Balaban J connectivity index is 2.23. The number of hydrogen-bond donors (Lipinski definition) is 2. The number of rotatable bonds is 2. The fraction of sp³-hybridized carbons (Fsp3) is 0. The number of nitriles is 1. The number of nitrogens with zero attached hydrogens (tertiary/aromatic N) is 1. The van der Waals surface area contributed by atoms with E-state index in [1.165, 1.54) is 6.07 Å². The van der Waals surface area contributed by atoms with Gasteiger partial charge < -0.3 is 11.1 Å². The minimum atomic E-state index is -0.307. The van der Waals surface area contributed by atoms with Gasteiger partial charge in [-0.3, -0.25) is 4.79 Å². The number of nitrogen functional groups attached to an aromatic ring is 1. The summed E-state index contributed by atoms with van der Waals surface area (Å²) < 4.78 is 0.723. The zero-order valence-electron chi connectivity index (χ0n) is 10.2. The normalized spacial score (nSPS) is 9.85. The molecule has 20 heavy (non-hydrogen) atoms. The van der Waals surface area contributed by atoms with E-state index in [0.717, 1.165) is 4.47 Å². The van der Waals surface area contributed by atoms with E-state index >= 15 is 0 Å². The van der Waals surface area contributed by atoms with E-state index in [2.05, 4.69) is 21.2 Å². The number of nitrogens with one attached hydrogen (secondary N) is 1. The van der Waals surface area contributed by atoms with E-state index in [1.54, 1.807) is 30.3 Å². The van der Waals surface area contributed by atoms with Crippen LogP contribution in [0.5, 0.6) is 0 Å². The Hall–Kier alpha value is -2.03. The van der Waals surface area contributed by atoms with Crippen molar-refractivity contribution in [1.82, 2.24) is 0 Å². The summed E-state index contributed by atoms with van der Waals surface area (Å²) in [7, 11) is 0. The van der Waals surface area contributed by atoms with E-state index in [-0.39, 0.29) is 5.91 Å². The summed E-state index contributed by atoms with van der Waals surface area (Å²) in [5.74, 6) is -0.307. The lowest BCUT2D eigenvalue weighted by Crippen LogP contribution is -2.12.